The summed E-state index contributed by atoms with van der Waals surface area (Å²) in [7, 11) is 0. The lowest BCUT2D eigenvalue weighted by Gasteiger charge is -2.33. The Balaban J connectivity index is 1.27. The van der Waals surface area contributed by atoms with Crippen LogP contribution in [0.2, 0.25) is 0 Å². The summed E-state index contributed by atoms with van der Waals surface area (Å²) in [6.45, 7) is 7.78. The van der Waals surface area contributed by atoms with Crippen molar-refractivity contribution in [3.63, 3.8) is 0 Å². The largest absolute Gasteiger partial charge is 0.454 e. The average molecular weight is 383 g/mol. The molecule has 0 radical (unpaired) electrons. The molecule has 7 heteroatoms. The summed E-state index contributed by atoms with van der Waals surface area (Å²) in [5.41, 5.74) is 1.30. The van der Waals surface area contributed by atoms with E-state index in [1.807, 2.05) is 6.07 Å². The zero-order valence-electron chi connectivity index (χ0n) is 15.4. The van der Waals surface area contributed by atoms with E-state index in [-0.39, 0.29) is 0 Å². The zero-order chi connectivity index (χ0) is 18.2. The second-order valence-corrected chi connectivity index (χ2v) is 8.20. The molecular weight excluding hydrogens is 360 g/mol. The summed E-state index contributed by atoms with van der Waals surface area (Å²) in [5.74, 6) is 2.82. The number of aromatic nitrogens is 2. The summed E-state index contributed by atoms with van der Waals surface area (Å²) in [6.07, 6.45) is 2.76. The molecule has 140 valence electrons. The van der Waals surface area contributed by atoms with Crippen molar-refractivity contribution < 1.29 is 14.4 Å². The number of hydrogen-bond donors (Lipinski definition) is 1. The molecule has 0 saturated carbocycles. The van der Waals surface area contributed by atoms with Crippen molar-refractivity contribution in [2.45, 2.75) is 19.9 Å². The molecule has 6 nitrogen and oxygen atoms in total. The number of hydrogen-bond acceptors (Lipinski definition) is 6. The number of fused-ring (bicyclic) bond motifs is 2. The Hall–Kier alpha value is -2.38. The van der Waals surface area contributed by atoms with Gasteiger partial charge in [-0.1, -0.05) is 6.92 Å². The van der Waals surface area contributed by atoms with Crippen LogP contribution < -0.4 is 19.3 Å². The third kappa shape index (κ3) is 3.21. The van der Waals surface area contributed by atoms with Gasteiger partial charge in [-0.05, 0) is 30.7 Å². The Labute approximate surface area is 162 Å². The van der Waals surface area contributed by atoms with Gasteiger partial charge in [0.05, 0.1) is 31.6 Å². The molecule has 1 saturated heterocycles. The van der Waals surface area contributed by atoms with Crippen LogP contribution in [-0.2, 0) is 13.0 Å². The van der Waals surface area contributed by atoms with Crippen LogP contribution in [0.3, 0.4) is 0 Å². The molecule has 0 bridgehead atoms. The smallest absolute Gasteiger partial charge is 0.231 e. The Morgan fingerprint density at radius 3 is 2.81 bits per heavy atom. The number of quaternary nitrogens is 1. The molecule has 1 fully saturated rings. The molecule has 1 N–H and O–H groups in total. The minimum atomic E-state index is 0.333. The van der Waals surface area contributed by atoms with Crippen LogP contribution in [0.25, 0.3) is 10.2 Å². The van der Waals surface area contributed by atoms with E-state index < -0.39 is 0 Å². The predicted molar refractivity (Wildman–Crippen MR) is 106 cm³/mol. The fourth-order valence-electron chi connectivity index (χ4n) is 3.87. The van der Waals surface area contributed by atoms with Gasteiger partial charge in [0.1, 0.15) is 23.5 Å². The number of thiophene rings is 1. The molecule has 5 rings (SSSR count). The Kier molecular flexibility index (Phi) is 4.33. The maximum Gasteiger partial charge on any atom is 0.231 e. The summed E-state index contributed by atoms with van der Waals surface area (Å²) < 4.78 is 10.9. The number of nitrogens with one attached hydrogen (secondary N) is 1. The molecule has 4 heterocycles. The van der Waals surface area contributed by atoms with Gasteiger partial charge in [-0.3, -0.25) is 0 Å². The number of anilines is 1. The van der Waals surface area contributed by atoms with Crippen molar-refractivity contribution in [3.05, 3.63) is 41.0 Å². The van der Waals surface area contributed by atoms with E-state index in [1.165, 1.54) is 15.8 Å². The van der Waals surface area contributed by atoms with Crippen LogP contribution in [0.4, 0.5) is 5.82 Å². The first-order valence-corrected chi connectivity index (χ1v) is 10.3. The van der Waals surface area contributed by atoms with E-state index in [0.29, 0.717) is 6.79 Å². The summed E-state index contributed by atoms with van der Waals surface area (Å²) in [4.78, 5) is 15.6. The predicted octanol–water partition coefficient (Wildman–Crippen LogP) is 1.89. The number of nitrogens with zero attached hydrogens (tertiary/aromatic N) is 3. The SMILES string of the molecule is CCc1cc2c(N3CC[NH+](Cc4ccc5c(c4)OCO5)CC3)ncnc2s1. The highest BCUT2D eigenvalue weighted by Crippen LogP contribution is 2.32. The minimum Gasteiger partial charge on any atom is -0.454 e. The number of rotatable bonds is 4. The fraction of sp³-hybridized carbons (Fsp3) is 0.400. The van der Waals surface area contributed by atoms with E-state index in [2.05, 4.69) is 40.0 Å². The van der Waals surface area contributed by atoms with Crippen molar-refractivity contribution >= 4 is 27.4 Å². The number of ether oxygens (including phenoxy) is 2. The molecule has 2 aromatic heterocycles. The van der Waals surface area contributed by atoms with Crippen LogP contribution >= 0.6 is 11.3 Å². The Morgan fingerprint density at radius 2 is 1.96 bits per heavy atom. The highest BCUT2D eigenvalue weighted by molar-refractivity contribution is 7.18. The minimum absolute atomic E-state index is 0.333. The second-order valence-electron chi connectivity index (χ2n) is 7.08. The molecule has 0 unspecified atom stereocenters. The van der Waals surface area contributed by atoms with Crippen molar-refractivity contribution in [2.24, 2.45) is 0 Å². The maximum atomic E-state index is 5.50. The van der Waals surface area contributed by atoms with Crippen LogP contribution in [0.1, 0.15) is 17.4 Å². The molecule has 0 aliphatic carbocycles. The molecule has 2 aliphatic heterocycles. The highest BCUT2D eigenvalue weighted by Gasteiger charge is 2.24. The first-order chi connectivity index (χ1) is 13.3. The zero-order valence-corrected chi connectivity index (χ0v) is 16.2. The standard InChI is InChI=1S/C20H22N4O2S/c1-2-15-10-16-19(21-12-22-20(16)27-15)24-7-5-23(6-8-24)11-14-3-4-17-18(9-14)26-13-25-17/h3-4,9-10,12H,2,5-8,11,13H2,1H3/p+1. The maximum absolute atomic E-state index is 5.50. The number of aryl methyl sites for hydroxylation is 1. The first kappa shape index (κ1) is 16.8. The fourth-order valence-corrected chi connectivity index (χ4v) is 4.80. The van der Waals surface area contributed by atoms with Crippen molar-refractivity contribution in [2.75, 3.05) is 37.9 Å². The van der Waals surface area contributed by atoms with E-state index in [9.17, 15) is 0 Å². The molecule has 2 aliphatic rings. The lowest BCUT2D eigenvalue weighted by atomic mass is 10.1. The van der Waals surface area contributed by atoms with E-state index in [0.717, 1.165) is 61.3 Å². The topological polar surface area (TPSA) is 51.9 Å². The first-order valence-electron chi connectivity index (χ1n) is 9.50. The van der Waals surface area contributed by atoms with Gasteiger partial charge in [0.15, 0.2) is 11.5 Å². The Morgan fingerprint density at radius 1 is 1.11 bits per heavy atom. The van der Waals surface area contributed by atoms with Gasteiger partial charge in [0.2, 0.25) is 6.79 Å². The van der Waals surface area contributed by atoms with Crippen molar-refractivity contribution in [1.29, 1.82) is 0 Å². The van der Waals surface area contributed by atoms with E-state index in [4.69, 9.17) is 9.47 Å². The van der Waals surface area contributed by atoms with Crippen molar-refractivity contribution in [1.82, 2.24) is 9.97 Å². The lowest BCUT2D eigenvalue weighted by Crippen LogP contribution is -3.13. The van der Waals surface area contributed by atoms with Crippen LogP contribution in [0.15, 0.2) is 30.6 Å². The number of benzene rings is 1. The van der Waals surface area contributed by atoms with Gasteiger partial charge in [-0.15, -0.1) is 11.3 Å². The molecule has 3 aromatic rings. The summed E-state index contributed by atoms with van der Waals surface area (Å²) >= 11 is 1.78. The van der Waals surface area contributed by atoms with E-state index >= 15 is 0 Å². The van der Waals surface area contributed by atoms with Crippen molar-refractivity contribution in [3.8, 4) is 11.5 Å². The van der Waals surface area contributed by atoms with Gasteiger partial charge in [-0.2, -0.15) is 0 Å². The number of piperazine rings is 1. The third-order valence-corrected chi connectivity index (χ3v) is 6.56. The molecule has 27 heavy (non-hydrogen) atoms. The quantitative estimate of drug-likeness (QED) is 0.746. The Bertz CT molecular complexity index is 966. The van der Waals surface area contributed by atoms with Gasteiger partial charge < -0.3 is 19.3 Å². The van der Waals surface area contributed by atoms with Gasteiger partial charge >= 0.3 is 0 Å². The molecular formula is C20H23N4O2S+. The summed E-state index contributed by atoms with van der Waals surface area (Å²) in [6, 6.07) is 8.56. The summed E-state index contributed by atoms with van der Waals surface area (Å²) in [5, 5.41) is 1.21. The lowest BCUT2D eigenvalue weighted by molar-refractivity contribution is -0.914. The monoisotopic (exact) mass is 383 g/mol. The van der Waals surface area contributed by atoms with Gasteiger partial charge in [0, 0.05) is 10.4 Å². The van der Waals surface area contributed by atoms with Crippen LogP contribution in [0, 0.1) is 0 Å². The molecule has 0 amide bonds. The molecule has 0 spiro atoms. The third-order valence-electron chi connectivity index (χ3n) is 5.37. The van der Waals surface area contributed by atoms with Gasteiger partial charge in [0.25, 0.3) is 0 Å². The highest BCUT2D eigenvalue weighted by atomic mass is 32.1. The van der Waals surface area contributed by atoms with E-state index in [1.54, 1.807) is 22.6 Å². The van der Waals surface area contributed by atoms with Crippen LogP contribution in [0.5, 0.6) is 11.5 Å². The molecule has 0 atom stereocenters. The molecule has 1 aromatic carbocycles. The average Bonchev–Trinajstić information content (AvgIpc) is 3.34. The van der Waals surface area contributed by atoms with Gasteiger partial charge in [-0.25, -0.2) is 9.97 Å². The second kappa shape index (κ2) is 6.98. The normalized spacial score (nSPS) is 17.0. The van der Waals surface area contributed by atoms with Crippen LogP contribution in [-0.4, -0.2) is 42.9 Å².